The maximum atomic E-state index is 1.71. The van der Waals surface area contributed by atoms with E-state index in [2.05, 4.69) is 0 Å². The van der Waals surface area contributed by atoms with Crippen molar-refractivity contribution in [2.45, 2.75) is 99.7 Å². The second-order valence-electron chi connectivity index (χ2n) is 7.81. The summed E-state index contributed by atoms with van der Waals surface area (Å²) < 4.78 is 0. The Hall–Kier alpha value is 0.860. The third kappa shape index (κ3) is 2.86. The molecule has 4 aliphatic heterocycles. The summed E-state index contributed by atoms with van der Waals surface area (Å²) in [7, 11) is 0.925. The minimum absolute atomic E-state index is 0.463. The first-order valence-corrected chi connectivity index (χ1v) is 12.8. The van der Waals surface area contributed by atoms with E-state index in [1.165, 1.54) is 22.6 Å². The van der Waals surface area contributed by atoms with Gasteiger partial charge < -0.3 is 0 Å². The van der Waals surface area contributed by atoms with Crippen molar-refractivity contribution >= 4 is 15.8 Å². The number of hydrogen-bond acceptors (Lipinski definition) is 0. The minimum atomic E-state index is 0.463. The standard InChI is InChI=1S/C18H32P2/c1-5-15-7-2-8-16(6-1)19(15)13-14-20-17-9-3-10-18(20)12-4-11-17/h15-18H,1-14H2. The van der Waals surface area contributed by atoms with Crippen LogP contribution in [-0.4, -0.2) is 35.0 Å². The average Bonchev–Trinajstić information content (AvgIpc) is 2.44. The van der Waals surface area contributed by atoms with Crippen LogP contribution in [0.3, 0.4) is 0 Å². The molecule has 0 atom stereocenters. The monoisotopic (exact) mass is 310 g/mol. The van der Waals surface area contributed by atoms with E-state index in [-0.39, 0.29) is 0 Å². The quantitative estimate of drug-likeness (QED) is 0.548. The lowest BCUT2D eigenvalue weighted by Gasteiger charge is -2.47. The van der Waals surface area contributed by atoms with Gasteiger partial charge in [0.05, 0.1) is 0 Å². The molecule has 0 unspecified atom stereocenters. The van der Waals surface area contributed by atoms with Crippen LogP contribution in [0.1, 0.15) is 77.0 Å². The summed E-state index contributed by atoms with van der Waals surface area (Å²) in [6, 6.07) is 0. The fourth-order valence-electron chi connectivity index (χ4n) is 5.82. The van der Waals surface area contributed by atoms with Gasteiger partial charge in [0.25, 0.3) is 0 Å². The molecular formula is C18H32P2. The average molecular weight is 310 g/mol. The van der Waals surface area contributed by atoms with Crippen LogP contribution in [0.15, 0.2) is 0 Å². The lowest BCUT2D eigenvalue weighted by Crippen LogP contribution is -2.31. The molecule has 0 aliphatic carbocycles. The normalized spacial score (nSPS) is 48.0. The summed E-state index contributed by atoms with van der Waals surface area (Å²) in [5.74, 6) is 0. The maximum absolute atomic E-state index is 1.71. The lowest BCUT2D eigenvalue weighted by atomic mass is 9.99. The van der Waals surface area contributed by atoms with Gasteiger partial charge in [-0.2, -0.15) is 0 Å². The van der Waals surface area contributed by atoms with Crippen LogP contribution in [0.5, 0.6) is 0 Å². The van der Waals surface area contributed by atoms with Crippen LogP contribution in [-0.2, 0) is 0 Å². The highest BCUT2D eigenvalue weighted by atomic mass is 31.1. The summed E-state index contributed by atoms with van der Waals surface area (Å²) in [6.45, 7) is 0. The van der Waals surface area contributed by atoms with Gasteiger partial charge in [-0.25, -0.2) is 0 Å². The first-order valence-electron chi connectivity index (χ1n) is 9.43. The summed E-state index contributed by atoms with van der Waals surface area (Å²) in [4.78, 5) is 0. The highest BCUT2D eigenvalue weighted by Gasteiger charge is 2.39. The summed E-state index contributed by atoms with van der Waals surface area (Å²) in [5.41, 5.74) is 4.88. The molecule has 4 saturated heterocycles. The van der Waals surface area contributed by atoms with Crippen LogP contribution in [0.4, 0.5) is 0 Å². The van der Waals surface area contributed by atoms with Crippen molar-refractivity contribution in [3.63, 3.8) is 0 Å². The molecule has 0 N–H and O–H groups in total. The molecule has 0 amide bonds. The van der Waals surface area contributed by atoms with E-state index in [0.29, 0.717) is 15.8 Å². The van der Waals surface area contributed by atoms with E-state index in [1.807, 2.05) is 0 Å². The van der Waals surface area contributed by atoms with Gasteiger partial charge in [0.2, 0.25) is 0 Å². The third-order valence-electron chi connectivity index (χ3n) is 6.79. The highest BCUT2D eigenvalue weighted by Crippen LogP contribution is 2.64. The molecule has 20 heavy (non-hydrogen) atoms. The van der Waals surface area contributed by atoms with Crippen LogP contribution >= 0.6 is 15.8 Å². The first kappa shape index (κ1) is 14.5. The Morgan fingerprint density at radius 3 is 0.950 bits per heavy atom. The topological polar surface area (TPSA) is 0 Å². The van der Waals surface area contributed by atoms with Gasteiger partial charge in [-0.05, 0) is 86.3 Å². The van der Waals surface area contributed by atoms with Crippen molar-refractivity contribution < 1.29 is 0 Å². The smallest absolute Gasteiger partial charge is 0.0207 e. The molecule has 114 valence electrons. The van der Waals surface area contributed by atoms with Crippen LogP contribution < -0.4 is 0 Å². The molecule has 0 aromatic carbocycles. The Kier molecular flexibility index (Phi) is 4.73. The summed E-state index contributed by atoms with van der Waals surface area (Å²) >= 11 is 0. The van der Waals surface area contributed by atoms with E-state index in [0.717, 1.165) is 0 Å². The molecule has 0 nitrogen and oxygen atoms in total. The van der Waals surface area contributed by atoms with E-state index in [4.69, 9.17) is 0 Å². The van der Waals surface area contributed by atoms with Crippen LogP contribution in [0.25, 0.3) is 0 Å². The van der Waals surface area contributed by atoms with Crippen LogP contribution in [0.2, 0.25) is 0 Å². The summed E-state index contributed by atoms with van der Waals surface area (Å²) in [5, 5.41) is 0. The first-order chi connectivity index (χ1) is 9.92. The molecule has 2 heteroatoms. The fraction of sp³-hybridized carbons (Fsp3) is 1.00. The van der Waals surface area contributed by atoms with E-state index in [9.17, 15) is 0 Å². The molecule has 0 saturated carbocycles. The second-order valence-corrected chi connectivity index (χ2v) is 13.7. The van der Waals surface area contributed by atoms with Gasteiger partial charge in [-0.3, -0.25) is 0 Å². The molecule has 0 aromatic rings. The predicted octanol–water partition coefficient (Wildman–Crippen LogP) is 6.16. The molecule has 4 rings (SSSR count). The molecular weight excluding hydrogens is 278 g/mol. The Morgan fingerprint density at radius 1 is 0.450 bits per heavy atom. The molecule has 0 spiro atoms. The number of hydrogen-bond donors (Lipinski definition) is 0. The molecule has 0 radical (unpaired) electrons. The molecule has 4 bridgehead atoms. The Balaban J connectivity index is 1.37. The molecule has 0 aromatic heterocycles. The molecule has 4 fully saturated rings. The third-order valence-corrected chi connectivity index (χ3v) is 14.4. The van der Waals surface area contributed by atoms with Gasteiger partial charge in [0, 0.05) is 0 Å². The largest absolute Gasteiger partial charge is 0.1000 e. The summed E-state index contributed by atoms with van der Waals surface area (Å²) in [6.07, 6.45) is 22.7. The van der Waals surface area contributed by atoms with Crippen molar-refractivity contribution in [3.8, 4) is 0 Å². The molecule has 4 aliphatic rings. The van der Waals surface area contributed by atoms with Gasteiger partial charge in [0.1, 0.15) is 0 Å². The molecule has 4 heterocycles. The zero-order valence-corrected chi connectivity index (χ0v) is 14.9. The van der Waals surface area contributed by atoms with Crippen molar-refractivity contribution in [1.82, 2.24) is 0 Å². The van der Waals surface area contributed by atoms with Gasteiger partial charge in [-0.1, -0.05) is 41.5 Å². The second kappa shape index (κ2) is 6.54. The van der Waals surface area contributed by atoms with E-state index >= 15 is 0 Å². The lowest BCUT2D eigenvalue weighted by molar-refractivity contribution is 0.472. The van der Waals surface area contributed by atoms with Crippen molar-refractivity contribution in [1.29, 1.82) is 0 Å². The van der Waals surface area contributed by atoms with Crippen LogP contribution in [0, 0.1) is 0 Å². The van der Waals surface area contributed by atoms with Crippen molar-refractivity contribution in [2.24, 2.45) is 0 Å². The van der Waals surface area contributed by atoms with Gasteiger partial charge in [0.15, 0.2) is 0 Å². The zero-order valence-electron chi connectivity index (χ0n) is 13.1. The Morgan fingerprint density at radius 2 is 0.700 bits per heavy atom. The number of fused-ring (bicyclic) bond motifs is 4. The minimum Gasteiger partial charge on any atom is -0.1000 e. The fourth-order valence-corrected chi connectivity index (χ4v) is 14.4. The van der Waals surface area contributed by atoms with E-state index in [1.54, 1.807) is 89.4 Å². The highest BCUT2D eigenvalue weighted by molar-refractivity contribution is 7.63. The van der Waals surface area contributed by atoms with Crippen molar-refractivity contribution in [2.75, 3.05) is 12.3 Å². The predicted molar refractivity (Wildman–Crippen MR) is 94.1 cm³/mol. The SMILES string of the molecule is C1CC2CCCC(C1)P2CCP1C2CCCC1CCC2. The Bertz CT molecular complexity index is 253. The zero-order chi connectivity index (χ0) is 13.4. The van der Waals surface area contributed by atoms with Crippen molar-refractivity contribution in [3.05, 3.63) is 0 Å². The maximum Gasteiger partial charge on any atom is -0.0207 e. The van der Waals surface area contributed by atoms with E-state index < -0.39 is 0 Å². The number of rotatable bonds is 3. The van der Waals surface area contributed by atoms with Gasteiger partial charge >= 0.3 is 0 Å². The van der Waals surface area contributed by atoms with Gasteiger partial charge in [-0.15, -0.1) is 0 Å². The Labute approximate surface area is 128 Å².